The number of anilines is 3. The minimum atomic E-state index is -0.794. The fourth-order valence-corrected chi connectivity index (χ4v) is 1.68. The summed E-state index contributed by atoms with van der Waals surface area (Å²) in [5, 5.41) is 2.62. The number of carbonyl (C=O) groups excluding carboxylic acids is 1. The number of benzene rings is 1. The lowest BCUT2D eigenvalue weighted by molar-refractivity contribution is 0.0527. The summed E-state index contributed by atoms with van der Waals surface area (Å²) in [6.07, 6.45) is 1.34. The van der Waals surface area contributed by atoms with Gasteiger partial charge >= 0.3 is 5.97 Å². The zero-order chi connectivity index (χ0) is 15.4. The number of nitrogen functional groups attached to an aromatic ring is 1. The fraction of sp³-hybridized carbons (Fsp3) is 0.143. The smallest absolute Gasteiger partial charge is 0.340 e. The molecule has 0 spiro atoms. The van der Waals surface area contributed by atoms with Crippen molar-refractivity contribution >= 4 is 23.2 Å². The SMILES string of the molecule is CCOC(=O)c1ccnc(Nc2ccc(F)cc2F)c1N. The highest BCUT2D eigenvalue weighted by atomic mass is 19.1. The Kier molecular flexibility index (Phi) is 4.32. The Morgan fingerprint density at radius 1 is 1.38 bits per heavy atom. The van der Waals surface area contributed by atoms with E-state index in [1.165, 1.54) is 18.3 Å². The second-order valence-corrected chi connectivity index (χ2v) is 4.09. The lowest BCUT2D eigenvalue weighted by Crippen LogP contribution is -2.10. The van der Waals surface area contributed by atoms with E-state index >= 15 is 0 Å². The van der Waals surface area contributed by atoms with Crippen molar-refractivity contribution in [2.45, 2.75) is 6.92 Å². The van der Waals surface area contributed by atoms with Gasteiger partial charge in [-0.25, -0.2) is 18.6 Å². The number of ether oxygens (including phenoxy) is 1. The van der Waals surface area contributed by atoms with E-state index in [-0.39, 0.29) is 29.4 Å². The molecule has 0 aliphatic heterocycles. The standard InChI is InChI=1S/C14H13F2N3O2/c1-2-21-14(20)9-5-6-18-13(12(9)17)19-11-4-3-8(15)7-10(11)16/h3-7H,2,17H2,1H3,(H,18,19). The largest absolute Gasteiger partial charge is 0.462 e. The van der Waals surface area contributed by atoms with Crippen molar-refractivity contribution < 1.29 is 18.3 Å². The highest BCUT2D eigenvalue weighted by Crippen LogP contribution is 2.26. The van der Waals surface area contributed by atoms with Crippen LogP contribution in [0.1, 0.15) is 17.3 Å². The van der Waals surface area contributed by atoms with Crippen molar-refractivity contribution in [3.63, 3.8) is 0 Å². The van der Waals surface area contributed by atoms with E-state index < -0.39 is 17.6 Å². The number of nitrogens with two attached hydrogens (primary N) is 1. The van der Waals surface area contributed by atoms with Gasteiger partial charge in [-0.05, 0) is 25.1 Å². The number of aromatic nitrogens is 1. The molecule has 21 heavy (non-hydrogen) atoms. The third-order valence-electron chi connectivity index (χ3n) is 2.67. The van der Waals surface area contributed by atoms with Crippen molar-refractivity contribution in [1.82, 2.24) is 4.98 Å². The molecule has 1 aromatic heterocycles. The van der Waals surface area contributed by atoms with Gasteiger partial charge < -0.3 is 15.8 Å². The second kappa shape index (κ2) is 6.17. The van der Waals surface area contributed by atoms with Crippen LogP contribution < -0.4 is 11.1 Å². The van der Waals surface area contributed by atoms with Gasteiger partial charge in [0.15, 0.2) is 5.82 Å². The summed E-state index contributed by atoms with van der Waals surface area (Å²) >= 11 is 0. The van der Waals surface area contributed by atoms with E-state index in [1.54, 1.807) is 6.92 Å². The first kappa shape index (κ1) is 14.7. The molecule has 2 aromatic rings. The van der Waals surface area contributed by atoms with E-state index in [0.29, 0.717) is 0 Å². The van der Waals surface area contributed by atoms with E-state index in [0.717, 1.165) is 12.1 Å². The predicted octanol–water partition coefficient (Wildman–Crippen LogP) is 2.86. The van der Waals surface area contributed by atoms with Crippen LogP contribution in [-0.4, -0.2) is 17.6 Å². The summed E-state index contributed by atoms with van der Waals surface area (Å²) in [4.78, 5) is 15.6. The van der Waals surface area contributed by atoms with Gasteiger partial charge in [-0.15, -0.1) is 0 Å². The van der Waals surface area contributed by atoms with Crippen molar-refractivity contribution in [1.29, 1.82) is 0 Å². The van der Waals surface area contributed by atoms with Gasteiger partial charge in [0.05, 0.1) is 23.5 Å². The maximum Gasteiger partial charge on any atom is 0.340 e. The molecule has 1 heterocycles. The molecule has 3 N–H and O–H groups in total. The maximum atomic E-state index is 13.6. The van der Waals surface area contributed by atoms with Crippen molar-refractivity contribution in [3.05, 3.63) is 47.7 Å². The van der Waals surface area contributed by atoms with E-state index in [4.69, 9.17) is 10.5 Å². The molecule has 0 saturated carbocycles. The topological polar surface area (TPSA) is 77.2 Å². The molecule has 0 unspecified atom stereocenters. The summed E-state index contributed by atoms with van der Waals surface area (Å²) in [5.41, 5.74) is 5.97. The number of nitrogens with zero attached hydrogens (tertiary/aromatic N) is 1. The van der Waals surface area contributed by atoms with Crippen molar-refractivity contribution in [2.75, 3.05) is 17.7 Å². The number of carbonyl (C=O) groups is 1. The van der Waals surface area contributed by atoms with Gasteiger partial charge in [0.25, 0.3) is 0 Å². The number of hydrogen-bond donors (Lipinski definition) is 2. The summed E-state index contributed by atoms with van der Waals surface area (Å²) in [6.45, 7) is 1.87. The van der Waals surface area contributed by atoms with Gasteiger partial charge in [-0.3, -0.25) is 0 Å². The minimum absolute atomic E-state index is 0.00314. The van der Waals surface area contributed by atoms with Gasteiger partial charge in [-0.2, -0.15) is 0 Å². The summed E-state index contributed by atoms with van der Waals surface area (Å²) < 4.78 is 31.3. The third kappa shape index (κ3) is 3.25. The second-order valence-electron chi connectivity index (χ2n) is 4.09. The summed E-state index contributed by atoms with van der Waals surface area (Å²) in [6, 6.07) is 4.44. The van der Waals surface area contributed by atoms with Gasteiger partial charge in [-0.1, -0.05) is 0 Å². The molecule has 5 nitrogen and oxygen atoms in total. The molecule has 1 aromatic carbocycles. The number of halogens is 2. The minimum Gasteiger partial charge on any atom is -0.462 e. The molecule has 0 atom stereocenters. The zero-order valence-electron chi connectivity index (χ0n) is 11.2. The predicted molar refractivity (Wildman–Crippen MR) is 74.2 cm³/mol. The summed E-state index contributed by atoms with van der Waals surface area (Å²) in [5.74, 6) is -2.00. The van der Waals surface area contributed by atoms with Gasteiger partial charge in [0, 0.05) is 12.3 Å². The lowest BCUT2D eigenvalue weighted by atomic mass is 10.2. The normalized spacial score (nSPS) is 10.2. The Morgan fingerprint density at radius 2 is 2.14 bits per heavy atom. The van der Waals surface area contributed by atoms with Crippen LogP contribution >= 0.6 is 0 Å². The Balaban J connectivity index is 2.32. The maximum absolute atomic E-state index is 13.6. The number of hydrogen-bond acceptors (Lipinski definition) is 5. The molecule has 0 fully saturated rings. The van der Waals surface area contributed by atoms with E-state index in [2.05, 4.69) is 10.3 Å². The first-order valence-electron chi connectivity index (χ1n) is 6.16. The van der Waals surface area contributed by atoms with E-state index in [1.807, 2.05) is 0 Å². The first-order chi connectivity index (χ1) is 10.0. The zero-order valence-corrected chi connectivity index (χ0v) is 11.2. The van der Waals surface area contributed by atoms with Gasteiger partial charge in [0.1, 0.15) is 11.6 Å². The highest BCUT2D eigenvalue weighted by Gasteiger charge is 2.15. The van der Waals surface area contributed by atoms with Crippen LogP contribution in [0.2, 0.25) is 0 Å². The molecule has 0 radical (unpaired) electrons. The van der Waals surface area contributed by atoms with Gasteiger partial charge in [0.2, 0.25) is 0 Å². The molecule has 0 bridgehead atoms. The third-order valence-corrected chi connectivity index (χ3v) is 2.67. The van der Waals surface area contributed by atoms with Crippen LogP contribution in [0.3, 0.4) is 0 Å². The van der Waals surface area contributed by atoms with Crippen molar-refractivity contribution in [2.24, 2.45) is 0 Å². The Bertz CT molecular complexity index is 677. The van der Waals surface area contributed by atoms with Crippen LogP contribution in [0.5, 0.6) is 0 Å². The van der Waals surface area contributed by atoms with Crippen LogP contribution in [0.15, 0.2) is 30.5 Å². The lowest BCUT2D eigenvalue weighted by Gasteiger charge is -2.11. The number of rotatable bonds is 4. The quantitative estimate of drug-likeness (QED) is 0.848. The van der Waals surface area contributed by atoms with Crippen LogP contribution in [-0.2, 0) is 4.74 Å². The monoisotopic (exact) mass is 293 g/mol. The molecule has 110 valence electrons. The molecule has 0 saturated heterocycles. The van der Waals surface area contributed by atoms with Crippen LogP contribution in [0.25, 0.3) is 0 Å². The fourth-order valence-electron chi connectivity index (χ4n) is 1.68. The first-order valence-corrected chi connectivity index (χ1v) is 6.16. The molecule has 0 aliphatic rings. The molecule has 0 amide bonds. The van der Waals surface area contributed by atoms with E-state index in [9.17, 15) is 13.6 Å². The number of pyridine rings is 1. The van der Waals surface area contributed by atoms with Crippen LogP contribution in [0, 0.1) is 11.6 Å². The number of nitrogens with one attached hydrogen (secondary N) is 1. The summed E-state index contributed by atoms with van der Waals surface area (Å²) in [7, 11) is 0. The number of esters is 1. The molecular formula is C14H13F2N3O2. The average Bonchev–Trinajstić information content (AvgIpc) is 2.44. The van der Waals surface area contributed by atoms with Crippen LogP contribution in [0.4, 0.5) is 26.0 Å². The average molecular weight is 293 g/mol. The Morgan fingerprint density at radius 3 is 2.81 bits per heavy atom. The molecule has 0 aliphatic carbocycles. The van der Waals surface area contributed by atoms with Crippen molar-refractivity contribution in [3.8, 4) is 0 Å². The molecular weight excluding hydrogens is 280 g/mol. The Labute approximate surface area is 119 Å². The Hall–Kier alpha value is -2.70. The highest BCUT2D eigenvalue weighted by molar-refractivity contribution is 5.98. The molecule has 2 rings (SSSR count). The molecule has 7 heteroatoms.